The van der Waals surface area contributed by atoms with Gasteiger partial charge >= 0.3 is 0 Å². The van der Waals surface area contributed by atoms with Crippen molar-refractivity contribution in [1.82, 2.24) is 0 Å². The van der Waals surface area contributed by atoms with Crippen molar-refractivity contribution in [3.8, 4) is 0 Å². The van der Waals surface area contributed by atoms with Crippen LogP contribution in [0.15, 0.2) is 18.2 Å². The van der Waals surface area contributed by atoms with E-state index < -0.39 is 0 Å². The number of hydrogen-bond acceptors (Lipinski definition) is 1. The number of benzene rings is 1. The van der Waals surface area contributed by atoms with Gasteiger partial charge in [0, 0.05) is 11.1 Å². The van der Waals surface area contributed by atoms with E-state index in [4.69, 9.17) is 17.3 Å². The van der Waals surface area contributed by atoms with Gasteiger partial charge in [-0.1, -0.05) is 42.6 Å². The van der Waals surface area contributed by atoms with Gasteiger partial charge in [0.25, 0.3) is 0 Å². The molecule has 14 heavy (non-hydrogen) atoms. The average molecular weight is 210 g/mol. The van der Waals surface area contributed by atoms with Crippen molar-refractivity contribution in [1.29, 1.82) is 0 Å². The first-order valence-electron chi connectivity index (χ1n) is 5.19. The zero-order valence-corrected chi connectivity index (χ0v) is 9.22. The fourth-order valence-electron chi connectivity index (χ4n) is 1.80. The highest BCUT2D eigenvalue weighted by Gasteiger charge is 2.25. The van der Waals surface area contributed by atoms with E-state index in [-0.39, 0.29) is 6.04 Å². The van der Waals surface area contributed by atoms with Crippen LogP contribution in [0, 0.1) is 12.8 Å². The highest BCUT2D eigenvalue weighted by atomic mass is 35.5. The Kier molecular flexibility index (Phi) is 2.80. The second kappa shape index (κ2) is 3.92. The third-order valence-corrected chi connectivity index (χ3v) is 3.42. The van der Waals surface area contributed by atoms with Gasteiger partial charge in [-0.3, -0.25) is 0 Å². The SMILES string of the molecule is Cc1cccc(C(N)CC2CC2)c1Cl. The van der Waals surface area contributed by atoms with E-state index in [0.717, 1.165) is 28.5 Å². The lowest BCUT2D eigenvalue weighted by molar-refractivity contribution is 0.597. The molecule has 1 nitrogen and oxygen atoms in total. The molecule has 0 saturated heterocycles. The first-order chi connectivity index (χ1) is 6.68. The minimum Gasteiger partial charge on any atom is -0.324 e. The maximum atomic E-state index is 6.21. The van der Waals surface area contributed by atoms with Crippen LogP contribution in [0.25, 0.3) is 0 Å². The predicted molar refractivity (Wildman–Crippen MR) is 60.5 cm³/mol. The largest absolute Gasteiger partial charge is 0.324 e. The summed E-state index contributed by atoms with van der Waals surface area (Å²) in [6, 6.07) is 6.22. The summed E-state index contributed by atoms with van der Waals surface area (Å²) in [4.78, 5) is 0. The van der Waals surface area contributed by atoms with Crippen LogP contribution in [0.5, 0.6) is 0 Å². The monoisotopic (exact) mass is 209 g/mol. The molecule has 1 aromatic carbocycles. The van der Waals surface area contributed by atoms with E-state index in [1.807, 2.05) is 25.1 Å². The summed E-state index contributed by atoms with van der Waals surface area (Å²) in [6.45, 7) is 2.02. The lowest BCUT2D eigenvalue weighted by atomic mass is 10.0. The lowest BCUT2D eigenvalue weighted by Gasteiger charge is -2.14. The molecule has 0 bridgehead atoms. The van der Waals surface area contributed by atoms with Gasteiger partial charge in [0.2, 0.25) is 0 Å². The molecule has 0 radical (unpaired) electrons. The Bertz CT molecular complexity index is 331. The van der Waals surface area contributed by atoms with Gasteiger partial charge in [-0.2, -0.15) is 0 Å². The van der Waals surface area contributed by atoms with Crippen molar-refractivity contribution in [2.45, 2.75) is 32.2 Å². The summed E-state index contributed by atoms with van der Waals surface area (Å²) < 4.78 is 0. The predicted octanol–water partition coefficient (Wildman–Crippen LogP) is 3.45. The van der Waals surface area contributed by atoms with Crippen LogP contribution < -0.4 is 5.73 Å². The smallest absolute Gasteiger partial charge is 0.0482 e. The Balaban J connectivity index is 2.16. The molecule has 0 spiro atoms. The molecule has 1 saturated carbocycles. The molecule has 1 aliphatic rings. The van der Waals surface area contributed by atoms with Crippen molar-refractivity contribution in [3.05, 3.63) is 34.3 Å². The molecule has 0 aliphatic heterocycles. The Morgan fingerprint density at radius 1 is 1.50 bits per heavy atom. The molecule has 1 fully saturated rings. The molecule has 0 aromatic heterocycles. The van der Waals surface area contributed by atoms with E-state index in [0.29, 0.717) is 0 Å². The molecule has 2 rings (SSSR count). The van der Waals surface area contributed by atoms with E-state index in [1.54, 1.807) is 0 Å². The van der Waals surface area contributed by atoms with Crippen LogP contribution in [-0.4, -0.2) is 0 Å². The average Bonchev–Trinajstić information content (AvgIpc) is 2.93. The number of nitrogens with two attached hydrogens (primary N) is 1. The molecule has 2 heteroatoms. The summed E-state index contributed by atoms with van der Waals surface area (Å²) in [6.07, 6.45) is 3.78. The van der Waals surface area contributed by atoms with Gasteiger partial charge in [-0.05, 0) is 30.4 Å². The Morgan fingerprint density at radius 3 is 2.86 bits per heavy atom. The highest BCUT2D eigenvalue weighted by molar-refractivity contribution is 6.32. The quantitative estimate of drug-likeness (QED) is 0.811. The molecule has 76 valence electrons. The maximum absolute atomic E-state index is 6.21. The van der Waals surface area contributed by atoms with E-state index in [1.165, 1.54) is 12.8 Å². The van der Waals surface area contributed by atoms with Gasteiger partial charge in [0.05, 0.1) is 0 Å². The fourth-order valence-corrected chi connectivity index (χ4v) is 2.06. The summed E-state index contributed by atoms with van der Waals surface area (Å²) in [5.74, 6) is 0.849. The van der Waals surface area contributed by atoms with Crippen LogP contribution in [-0.2, 0) is 0 Å². The lowest BCUT2D eigenvalue weighted by Crippen LogP contribution is -2.11. The number of aryl methyl sites for hydroxylation is 1. The van der Waals surface area contributed by atoms with Gasteiger partial charge < -0.3 is 5.73 Å². The fraction of sp³-hybridized carbons (Fsp3) is 0.500. The summed E-state index contributed by atoms with van der Waals surface area (Å²) >= 11 is 6.21. The number of halogens is 1. The molecule has 0 amide bonds. The third-order valence-electron chi connectivity index (χ3n) is 2.91. The van der Waals surface area contributed by atoms with Crippen molar-refractivity contribution in [2.24, 2.45) is 11.7 Å². The minimum absolute atomic E-state index is 0.120. The van der Waals surface area contributed by atoms with Crippen molar-refractivity contribution in [2.75, 3.05) is 0 Å². The van der Waals surface area contributed by atoms with Crippen LogP contribution in [0.1, 0.15) is 36.4 Å². The Hall–Kier alpha value is -0.530. The molecule has 1 aliphatic carbocycles. The van der Waals surface area contributed by atoms with Gasteiger partial charge in [0.15, 0.2) is 0 Å². The van der Waals surface area contributed by atoms with E-state index >= 15 is 0 Å². The van der Waals surface area contributed by atoms with Crippen molar-refractivity contribution < 1.29 is 0 Å². The van der Waals surface area contributed by atoms with E-state index in [2.05, 4.69) is 0 Å². The number of rotatable bonds is 3. The molecular formula is C12H16ClN. The highest BCUT2D eigenvalue weighted by Crippen LogP contribution is 2.38. The topological polar surface area (TPSA) is 26.0 Å². The van der Waals surface area contributed by atoms with Crippen LogP contribution in [0.2, 0.25) is 5.02 Å². The van der Waals surface area contributed by atoms with Gasteiger partial charge in [0.1, 0.15) is 0 Å². The summed E-state index contributed by atoms with van der Waals surface area (Å²) in [7, 11) is 0. The first kappa shape index (κ1) is 10.0. The maximum Gasteiger partial charge on any atom is 0.0482 e. The second-order valence-corrected chi connectivity index (χ2v) is 4.64. The zero-order chi connectivity index (χ0) is 10.1. The zero-order valence-electron chi connectivity index (χ0n) is 8.46. The number of hydrogen-bond donors (Lipinski definition) is 1. The van der Waals surface area contributed by atoms with Crippen LogP contribution in [0.3, 0.4) is 0 Å². The van der Waals surface area contributed by atoms with Crippen LogP contribution in [0.4, 0.5) is 0 Å². The van der Waals surface area contributed by atoms with E-state index in [9.17, 15) is 0 Å². The second-order valence-electron chi connectivity index (χ2n) is 4.26. The standard InChI is InChI=1S/C12H16ClN/c1-8-3-2-4-10(12(8)13)11(14)7-9-5-6-9/h2-4,9,11H,5-7,14H2,1H3. The third kappa shape index (κ3) is 2.10. The molecule has 1 unspecified atom stereocenters. The minimum atomic E-state index is 0.120. The van der Waals surface area contributed by atoms with Gasteiger partial charge in [-0.15, -0.1) is 0 Å². The van der Waals surface area contributed by atoms with Gasteiger partial charge in [-0.25, -0.2) is 0 Å². The van der Waals surface area contributed by atoms with Crippen molar-refractivity contribution >= 4 is 11.6 Å². The van der Waals surface area contributed by atoms with Crippen molar-refractivity contribution in [3.63, 3.8) is 0 Å². The Labute approximate surface area is 90.3 Å². The first-order valence-corrected chi connectivity index (χ1v) is 5.57. The Morgan fingerprint density at radius 2 is 2.21 bits per heavy atom. The summed E-state index contributed by atoms with van der Waals surface area (Å²) in [5.41, 5.74) is 8.35. The molecule has 1 atom stereocenters. The van der Waals surface area contributed by atoms with Crippen LogP contribution >= 0.6 is 11.6 Å². The molecule has 0 heterocycles. The molecule has 1 aromatic rings. The molecular weight excluding hydrogens is 194 g/mol. The normalized spacial score (nSPS) is 18.2. The summed E-state index contributed by atoms with van der Waals surface area (Å²) in [5, 5.41) is 0.848. The molecule has 2 N–H and O–H groups in total.